The molecule has 0 atom stereocenters. The van der Waals surface area contributed by atoms with Crippen molar-refractivity contribution in [1.29, 1.82) is 0 Å². The standard InChI is InChI=1S/C16H23N7O.2ClH/c1-24-9-14-19-12(10-5-11(17)6-10)7-13(20-14)18-8-16-22-21-15-3-2-4-23(15)16;;/h7,10-11H,2-6,8-9,17H2,1H3,(H,18,19,20);2*1H. The molecule has 4 rings (SSSR count). The molecule has 0 radical (unpaired) electrons. The quantitative estimate of drug-likeness (QED) is 0.760. The van der Waals surface area contributed by atoms with Gasteiger partial charge in [0, 0.05) is 43.8 Å². The first-order valence-electron chi connectivity index (χ1n) is 8.50. The predicted molar refractivity (Wildman–Crippen MR) is 103 cm³/mol. The van der Waals surface area contributed by atoms with E-state index in [9.17, 15) is 0 Å². The molecule has 1 saturated carbocycles. The monoisotopic (exact) mass is 401 g/mol. The summed E-state index contributed by atoms with van der Waals surface area (Å²) in [5, 5.41) is 11.9. The van der Waals surface area contributed by atoms with E-state index in [1.165, 1.54) is 0 Å². The van der Waals surface area contributed by atoms with Crippen LogP contribution in [0.3, 0.4) is 0 Å². The van der Waals surface area contributed by atoms with Gasteiger partial charge in [-0.15, -0.1) is 35.0 Å². The molecule has 0 spiro atoms. The van der Waals surface area contributed by atoms with Crippen LogP contribution in [0.25, 0.3) is 0 Å². The highest BCUT2D eigenvalue weighted by molar-refractivity contribution is 5.85. The molecule has 2 aliphatic rings. The first-order chi connectivity index (χ1) is 11.7. The van der Waals surface area contributed by atoms with Gasteiger partial charge in [-0.25, -0.2) is 9.97 Å². The minimum absolute atomic E-state index is 0. The Morgan fingerprint density at radius 3 is 2.81 bits per heavy atom. The molecule has 8 nitrogen and oxygen atoms in total. The zero-order chi connectivity index (χ0) is 16.5. The fraction of sp³-hybridized carbons (Fsp3) is 0.625. The molecule has 10 heteroatoms. The fourth-order valence-corrected chi connectivity index (χ4v) is 3.43. The van der Waals surface area contributed by atoms with Gasteiger partial charge in [0.05, 0.1) is 6.54 Å². The van der Waals surface area contributed by atoms with Gasteiger partial charge in [-0.1, -0.05) is 0 Å². The van der Waals surface area contributed by atoms with Crippen molar-refractivity contribution in [2.75, 3.05) is 12.4 Å². The minimum Gasteiger partial charge on any atom is -0.377 e. The maximum absolute atomic E-state index is 5.91. The van der Waals surface area contributed by atoms with Crippen LogP contribution >= 0.6 is 24.8 Å². The van der Waals surface area contributed by atoms with Gasteiger partial charge in [0.25, 0.3) is 0 Å². The number of anilines is 1. The maximum Gasteiger partial charge on any atom is 0.156 e. The summed E-state index contributed by atoms with van der Waals surface area (Å²) in [7, 11) is 1.65. The third-order valence-corrected chi connectivity index (χ3v) is 4.77. The van der Waals surface area contributed by atoms with E-state index >= 15 is 0 Å². The second kappa shape index (κ2) is 8.94. The number of ether oxygens (including phenoxy) is 1. The smallest absolute Gasteiger partial charge is 0.156 e. The largest absolute Gasteiger partial charge is 0.377 e. The summed E-state index contributed by atoms with van der Waals surface area (Å²) in [4.78, 5) is 9.16. The minimum atomic E-state index is 0. The topological polar surface area (TPSA) is 104 Å². The lowest BCUT2D eigenvalue weighted by Crippen LogP contribution is -2.35. The lowest BCUT2D eigenvalue weighted by molar-refractivity contribution is 0.177. The predicted octanol–water partition coefficient (Wildman–Crippen LogP) is 1.82. The van der Waals surface area contributed by atoms with E-state index in [1.807, 2.05) is 6.07 Å². The molecule has 1 aliphatic carbocycles. The molecule has 0 unspecified atom stereocenters. The number of rotatable bonds is 6. The van der Waals surface area contributed by atoms with E-state index in [1.54, 1.807) is 7.11 Å². The van der Waals surface area contributed by atoms with Gasteiger partial charge in [0.2, 0.25) is 0 Å². The molecule has 0 amide bonds. The number of hydrogen-bond donors (Lipinski definition) is 2. The van der Waals surface area contributed by atoms with Crippen molar-refractivity contribution in [3.63, 3.8) is 0 Å². The summed E-state index contributed by atoms with van der Waals surface area (Å²) in [5.41, 5.74) is 6.96. The summed E-state index contributed by atoms with van der Waals surface area (Å²) in [6.45, 7) is 2.02. The molecular weight excluding hydrogens is 377 g/mol. The molecule has 144 valence electrons. The van der Waals surface area contributed by atoms with Crippen LogP contribution < -0.4 is 11.1 Å². The Balaban J connectivity index is 0.00000121. The van der Waals surface area contributed by atoms with E-state index in [0.29, 0.717) is 30.9 Å². The third-order valence-electron chi connectivity index (χ3n) is 4.77. The first kappa shape index (κ1) is 20.8. The molecule has 1 fully saturated rings. The molecule has 0 aromatic carbocycles. The number of fused-ring (bicyclic) bond motifs is 1. The van der Waals surface area contributed by atoms with Gasteiger partial charge in [0.15, 0.2) is 11.6 Å². The van der Waals surface area contributed by atoms with Gasteiger partial charge in [-0.3, -0.25) is 0 Å². The molecule has 3 N–H and O–H groups in total. The normalized spacial score (nSPS) is 20.5. The van der Waals surface area contributed by atoms with Crippen LogP contribution in [0.2, 0.25) is 0 Å². The fourth-order valence-electron chi connectivity index (χ4n) is 3.43. The Morgan fingerprint density at radius 1 is 1.27 bits per heavy atom. The van der Waals surface area contributed by atoms with Crippen molar-refractivity contribution in [2.24, 2.45) is 5.73 Å². The zero-order valence-corrected chi connectivity index (χ0v) is 16.4. The second-order valence-electron chi connectivity index (χ2n) is 6.60. The Hall–Kier alpha value is -1.48. The van der Waals surface area contributed by atoms with Crippen LogP contribution in [0.15, 0.2) is 6.07 Å². The highest BCUT2D eigenvalue weighted by Crippen LogP contribution is 2.35. The van der Waals surface area contributed by atoms with E-state index < -0.39 is 0 Å². The zero-order valence-electron chi connectivity index (χ0n) is 14.7. The number of nitrogens with one attached hydrogen (secondary N) is 1. The van der Waals surface area contributed by atoms with E-state index in [4.69, 9.17) is 10.5 Å². The summed E-state index contributed by atoms with van der Waals surface area (Å²) >= 11 is 0. The average Bonchev–Trinajstić information content (AvgIpc) is 3.14. The number of hydrogen-bond acceptors (Lipinski definition) is 7. The summed E-state index contributed by atoms with van der Waals surface area (Å²) in [5.74, 6) is 3.98. The molecule has 1 aliphatic heterocycles. The number of aromatic nitrogens is 5. The molecule has 2 aromatic heterocycles. The number of halogens is 2. The number of nitrogens with zero attached hydrogens (tertiary/aromatic N) is 5. The van der Waals surface area contributed by atoms with Gasteiger partial charge < -0.3 is 20.4 Å². The van der Waals surface area contributed by atoms with Crippen LogP contribution in [-0.2, 0) is 30.9 Å². The molecule has 0 saturated heterocycles. The van der Waals surface area contributed by atoms with Gasteiger partial charge in [0.1, 0.15) is 18.2 Å². The van der Waals surface area contributed by atoms with Crippen molar-refractivity contribution < 1.29 is 4.74 Å². The Labute approximate surface area is 165 Å². The molecular formula is C16H25Cl2N7O. The number of aryl methyl sites for hydroxylation is 1. The maximum atomic E-state index is 5.91. The lowest BCUT2D eigenvalue weighted by Gasteiger charge is -2.32. The SMILES string of the molecule is COCc1nc(NCc2nnc3n2CCC3)cc(C2CC(N)C2)n1.Cl.Cl. The molecule has 26 heavy (non-hydrogen) atoms. The number of nitrogens with two attached hydrogens (primary N) is 1. The molecule has 0 bridgehead atoms. The summed E-state index contributed by atoms with van der Waals surface area (Å²) in [6, 6.07) is 2.32. The summed E-state index contributed by atoms with van der Waals surface area (Å²) < 4.78 is 7.39. The lowest BCUT2D eigenvalue weighted by atomic mass is 9.78. The highest BCUT2D eigenvalue weighted by atomic mass is 35.5. The van der Waals surface area contributed by atoms with E-state index in [-0.39, 0.29) is 24.8 Å². The van der Waals surface area contributed by atoms with E-state index in [2.05, 4.69) is 30.0 Å². The van der Waals surface area contributed by atoms with Crippen molar-refractivity contribution in [2.45, 2.75) is 57.3 Å². The van der Waals surface area contributed by atoms with Gasteiger partial charge in [-0.2, -0.15) is 0 Å². The van der Waals surface area contributed by atoms with Crippen LogP contribution in [0.4, 0.5) is 5.82 Å². The molecule has 3 heterocycles. The van der Waals surface area contributed by atoms with E-state index in [0.717, 1.165) is 55.4 Å². The van der Waals surface area contributed by atoms with Crippen molar-refractivity contribution in [3.05, 3.63) is 29.2 Å². The number of methoxy groups -OCH3 is 1. The third kappa shape index (κ3) is 4.25. The highest BCUT2D eigenvalue weighted by Gasteiger charge is 2.29. The van der Waals surface area contributed by atoms with Crippen molar-refractivity contribution in [3.8, 4) is 0 Å². The first-order valence-corrected chi connectivity index (χ1v) is 8.50. The van der Waals surface area contributed by atoms with Crippen LogP contribution in [0, 0.1) is 0 Å². The summed E-state index contributed by atoms with van der Waals surface area (Å²) in [6.07, 6.45) is 4.14. The second-order valence-corrected chi connectivity index (χ2v) is 6.60. The average molecular weight is 402 g/mol. The van der Waals surface area contributed by atoms with Gasteiger partial charge in [-0.05, 0) is 19.3 Å². The Bertz CT molecular complexity index is 733. The van der Waals surface area contributed by atoms with Gasteiger partial charge >= 0.3 is 0 Å². The Kier molecular flexibility index (Phi) is 7.16. The van der Waals surface area contributed by atoms with Crippen LogP contribution in [0.1, 0.15) is 48.3 Å². The van der Waals surface area contributed by atoms with Crippen molar-refractivity contribution >= 4 is 30.6 Å². The van der Waals surface area contributed by atoms with Crippen LogP contribution in [-0.4, -0.2) is 37.9 Å². The van der Waals surface area contributed by atoms with Crippen LogP contribution in [0.5, 0.6) is 0 Å². The Morgan fingerprint density at radius 2 is 2.08 bits per heavy atom. The molecule has 2 aromatic rings. The van der Waals surface area contributed by atoms with Crippen molar-refractivity contribution in [1.82, 2.24) is 24.7 Å².